The van der Waals surface area contributed by atoms with Crippen molar-refractivity contribution >= 4 is 55.5 Å². The molecular weight excluding hydrogens is 564 g/mol. The summed E-state index contributed by atoms with van der Waals surface area (Å²) in [4.78, 5) is 40.7. The highest BCUT2D eigenvalue weighted by Crippen LogP contribution is 2.37. The summed E-state index contributed by atoms with van der Waals surface area (Å²) in [5.74, 6) is -1.50. The molecule has 0 N–H and O–H groups in total. The molecular formula is C34H39B2N5O4+2. The van der Waals surface area contributed by atoms with Crippen LogP contribution in [0.3, 0.4) is 0 Å². The number of amides is 2. The van der Waals surface area contributed by atoms with Crippen molar-refractivity contribution < 1.29 is 28.2 Å². The van der Waals surface area contributed by atoms with Crippen molar-refractivity contribution in [1.29, 1.82) is 0 Å². The molecule has 2 amide bonds. The molecule has 7 rings (SSSR count). The quantitative estimate of drug-likeness (QED) is 0.375. The number of hydroxylamine groups is 2. The average molecular weight is 603 g/mol. The Labute approximate surface area is 266 Å². The fourth-order valence-electron chi connectivity index (χ4n) is 7.31. The van der Waals surface area contributed by atoms with Gasteiger partial charge in [0.1, 0.15) is 0 Å². The lowest BCUT2D eigenvalue weighted by atomic mass is 9.91. The number of hydrogen-bond acceptors (Lipinski definition) is 4. The Morgan fingerprint density at radius 3 is 1.82 bits per heavy atom. The Kier molecular flexibility index (Phi) is 7.62. The molecule has 5 aliphatic heterocycles. The number of aromatic nitrogens is 2. The number of allylic oxidation sites excluding steroid dienone is 6. The van der Waals surface area contributed by atoms with Gasteiger partial charge in [0.25, 0.3) is 11.8 Å². The van der Waals surface area contributed by atoms with Crippen LogP contribution in [0.5, 0.6) is 0 Å². The summed E-state index contributed by atoms with van der Waals surface area (Å²) < 4.78 is 8.88. The Morgan fingerprint density at radius 1 is 0.756 bits per heavy atom. The van der Waals surface area contributed by atoms with Crippen LogP contribution in [0.2, 0.25) is 0 Å². The predicted molar refractivity (Wildman–Crippen MR) is 175 cm³/mol. The number of nitrogens with zero attached hydrogens (tertiary/aromatic N) is 5. The highest BCUT2D eigenvalue weighted by molar-refractivity contribution is 6.29. The molecule has 0 spiro atoms. The number of imide groups is 1. The Morgan fingerprint density at radius 2 is 1.24 bits per heavy atom. The first-order valence-corrected chi connectivity index (χ1v) is 15.5. The van der Waals surface area contributed by atoms with E-state index in [0.29, 0.717) is 11.5 Å². The van der Waals surface area contributed by atoms with Crippen LogP contribution in [0.25, 0.3) is 11.1 Å². The van der Waals surface area contributed by atoms with E-state index < -0.39 is 17.8 Å². The zero-order chi connectivity index (χ0) is 32.5. The lowest BCUT2D eigenvalue weighted by molar-refractivity contribution is -0.316. The minimum Gasteiger partial charge on any atom is -0.330 e. The van der Waals surface area contributed by atoms with Crippen LogP contribution in [-0.4, -0.2) is 67.3 Å². The smallest absolute Gasteiger partial charge is 0.330 e. The highest BCUT2D eigenvalue weighted by atomic mass is 16.7. The van der Waals surface area contributed by atoms with Crippen molar-refractivity contribution in [2.24, 2.45) is 0 Å². The summed E-state index contributed by atoms with van der Waals surface area (Å²) in [6.07, 6.45) is 5.11. The third-order valence-corrected chi connectivity index (χ3v) is 9.20. The minimum atomic E-state index is -0.578. The van der Waals surface area contributed by atoms with E-state index in [2.05, 4.69) is 120 Å². The van der Waals surface area contributed by atoms with Gasteiger partial charge in [-0.1, -0.05) is 0 Å². The molecule has 1 saturated heterocycles. The molecule has 0 aliphatic carbocycles. The fourth-order valence-corrected chi connectivity index (χ4v) is 7.31. The minimum absolute atomic E-state index is 0.0831. The maximum Gasteiger partial charge on any atom is 0.699 e. The summed E-state index contributed by atoms with van der Waals surface area (Å²) >= 11 is 0. The Balaban J connectivity index is 0.000000179. The first-order chi connectivity index (χ1) is 21.3. The summed E-state index contributed by atoms with van der Waals surface area (Å²) in [6, 6.07) is 4.38. The summed E-state index contributed by atoms with van der Waals surface area (Å²) in [5, 5.41) is 0.609. The largest absolute Gasteiger partial charge is 0.699 e. The van der Waals surface area contributed by atoms with Crippen molar-refractivity contribution in [2.75, 3.05) is 0 Å². The second-order valence-corrected chi connectivity index (χ2v) is 12.6. The average Bonchev–Trinajstić information content (AvgIpc) is 3.72. The van der Waals surface area contributed by atoms with Gasteiger partial charge in [-0.15, -0.1) is 5.06 Å². The molecule has 5 aliphatic rings. The van der Waals surface area contributed by atoms with Crippen molar-refractivity contribution in [3.05, 3.63) is 80.7 Å². The summed E-state index contributed by atoms with van der Waals surface area (Å²) in [5.41, 5.74) is 17.2. The lowest BCUT2D eigenvalue weighted by Crippen LogP contribution is -2.33. The van der Waals surface area contributed by atoms with Gasteiger partial charge in [0, 0.05) is 83.9 Å². The number of rotatable bonds is 4. The van der Waals surface area contributed by atoms with Crippen molar-refractivity contribution in [3.8, 4) is 0 Å². The second-order valence-electron chi connectivity index (χ2n) is 12.6. The van der Waals surface area contributed by atoms with E-state index in [1.165, 1.54) is 39.5 Å². The zero-order valence-corrected chi connectivity index (χ0v) is 27.7. The van der Waals surface area contributed by atoms with Gasteiger partial charge in [-0.25, -0.2) is 4.79 Å². The fraction of sp³-hybridized carbons (Fsp3) is 0.382. The monoisotopic (exact) mass is 603 g/mol. The predicted octanol–water partition coefficient (Wildman–Crippen LogP) is 4.70. The van der Waals surface area contributed by atoms with Crippen LogP contribution in [-0.2, 0) is 19.2 Å². The maximum atomic E-state index is 12.3. The standard InChI is InChI=1S/C20H22BN3O4.C14H17BN2/c1-11-9-13(3)22-19(11)15(20-12(2)10-14(4)23(20)21-22)5-8-18(27)28-24-16(25)6-7-17(24)26;1-8-6-10(3)16-13(8)12(5)14-9(2)7-11(4)17(14)15-16/h9-10H,5-8H2,1-4H3;6-7H,1-5H3/q2*+1. The molecule has 9 nitrogen and oxygen atoms in total. The summed E-state index contributed by atoms with van der Waals surface area (Å²) in [6.45, 7) is 19.2. The molecule has 45 heavy (non-hydrogen) atoms. The third-order valence-electron chi connectivity index (χ3n) is 9.20. The molecule has 0 atom stereocenters. The highest BCUT2D eigenvalue weighted by Gasteiger charge is 2.40. The molecule has 0 unspecified atom stereocenters. The van der Waals surface area contributed by atoms with Gasteiger partial charge >= 0.3 is 21.1 Å². The van der Waals surface area contributed by atoms with Crippen LogP contribution in [0.15, 0.2) is 46.8 Å². The Bertz CT molecular complexity index is 1910. The first-order valence-electron chi connectivity index (χ1n) is 15.5. The summed E-state index contributed by atoms with van der Waals surface area (Å²) in [7, 11) is 4.29. The van der Waals surface area contributed by atoms with Gasteiger partial charge in [0.15, 0.2) is 22.8 Å². The van der Waals surface area contributed by atoms with Crippen molar-refractivity contribution in [1.82, 2.24) is 14.0 Å². The number of hydrogen-bond donors (Lipinski definition) is 0. The second kappa shape index (κ2) is 11.2. The van der Waals surface area contributed by atoms with E-state index >= 15 is 0 Å². The van der Waals surface area contributed by atoms with Crippen LogP contribution < -0.4 is 0 Å². The van der Waals surface area contributed by atoms with Crippen LogP contribution >= 0.6 is 0 Å². The number of carbonyl (C=O) groups is 3. The van der Waals surface area contributed by atoms with E-state index in [1.54, 1.807) is 0 Å². The molecule has 228 valence electrons. The van der Waals surface area contributed by atoms with Gasteiger partial charge in [0.2, 0.25) is 0 Å². The van der Waals surface area contributed by atoms with Crippen molar-refractivity contribution in [3.63, 3.8) is 0 Å². The van der Waals surface area contributed by atoms with Crippen LogP contribution in [0, 0.1) is 27.7 Å². The molecule has 0 saturated carbocycles. The van der Waals surface area contributed by atoms with Gasteiger partial charge in [-0.2, -0.15) is 0 Å². The molecule has 0 bridgehead atoms. The zero-order valence-electron chi connectivity index (χ0n) is 27.7. The third kappa shape index (κ3) is 5.02. The van der Waals surface area contributed by atoms with Gasteiger partial charge < -0.3 is 13.8 Å². The van der Waals surface area contributed by atoms with Crippen LogP contribution in [0.1, 0.15) is 94.2 Å². The Hall–Kier alpha value is -4.40. The van der Waals surface area contributed by atoms with E-state index in [4.69, 9.17) is 4.84 Å². The van der Waals surface area contributed by atoms with E-state index in [-0.39, 0.29) is 19.3 Å². The first kappa shape index (κ1) is 30.6. The maximum absolute atomic E-state index is 12.3. The van der Waals surface area contributed by atoms with Crippen LogP contribution in [0.4, 0.5) is 0 Å². The topological polar surface area (TPSA) is 79.6 Å². The lowest BCUT2D eigenvalue weighted by Gasteiger charge is -2.20. The van der Waals surface area contributed by atoms with Crippen molar-refractivity contribution in [2.45, 2.75) is 88.0 Å². The number of carbonyl (C=O) groups excluding carboxylic acids is 3. The molecule has 11 heteroatoms. The van der Waals surface area contributed by atoms with E-state index in [1.807, 2.05) is 0 Å². The SMILES string of the molecule is CC1=CC(C)=[N+]2[B]n3c(C)cc(C)c3C(C)=C12.CC1=CC(C)=[N+]2[B]n3c(C)cc(C)c3C(CCC(=O)ON3C(=O)CCC3=O)=C12. The van der Waals surface area contributed by atoms with E-state index in [0.717, 1.165) is 39.5 Å². The molecule has 2 aromatic rings. The molecule has 2 radical (unpaired) electrons. The number of aryl methyl sites for hydroxylation is 4. The number of fused-ring (bicyclic) bond motifs is 4. The molecule has 7 heterocycles. The molecule has 2 aromatic heterocycles. The molecule has 0 aromatic carbocycles. The molecule has 1 fully saturated rings. The normalized spacial score (nSPS) is 18.3. The van der Waals surface area contributed by atoms with E-state index in [9.17, 15) is 14.4 Å². The van der Waals surface area contributed by atoms with Gasteiger partial charge in [0.05, 0.1) is 6.42 Å². The van der Waals surface area contributed by atoms with Gasteiger partial charge in [-0.3, -0.25) is 18.6 Å². The van der Waals surface area contributed by atoms with Gasteiger partial charge in [-0.05, 0) is 78.1 Å².